The summed E-state index contributed by atoms with van der Waals surface area (Å²) >= 11 is -0.0765. The van der Waals surface area contributed by atoms with E-state index in [-0.39, 0.29) is 23.1 Å². The van der Waals surface area contributed by atoms with Crippen molar-refractivity contribution in [2.24, 2.45) is 0 Å². The molecule has 0 bridgehead atoms. The summed E-state index contributed by atoms with van der Waals surface area (Å²) in [5, 5.41) is 9.43. The summed E-state index contributed by atoms with van der Waals surface area (Å²) in [7, 11) is 5.57. The fourth-order valence-corrected chi connectivity index (χ4v) is 2.37. The number of hydrogen-bond donors (Lipinski definition) is 1. The average molecular weight is 379 g/mol. The van der Waals surface area contributed by atoms with Gasteiger partial charge in [-0.25, -0.2) is 0 Å². The molecule has 0 saturated heterocycles. The van der Waals surface area contributed by atoms with Gasteiger partial charge in [0.25, 0.3) is 0 Å². The monoisotopic (exact) mass is 379 g/mol. The second-order valence-electron chi connectivity index (χ2n) is 4.36. The Morgan fingerprint density at radius 3 is 2.10 bits per heavy atom. The van der Waals surface area contributed by atoms with Gasteiger partial charge in [0, 0.05) is 13.6 Å². The zero-order valence-electron chi connectivity index (χ0n) is 11.9. The molecule has 1 aromatic heterocycles. The van der Waals surface area contributed by atoms with Gasteiger partial charge in [-0.1, -0.05) is 6.07 Å². The number of aliphatic hydroxyl groups is 1. The van der Waals surface area contributed by atoms with Gasteiger partial charge < -0.3 is 5.11 Å². The first-order valence-corrected chi connectivity index (χ1v) is 9.02. The van der Waals surface area contributed by atoms with Crippen molar-refractivity contribution in [1.82, 2.24) is 4.98 Å². The molecular weight excluding hydrogens is 359 g/mol. The standard InChI is InChI=1S/C8H11NO.C7H6.CH3.ClH.Ru/c1-8(2,10)7-5-3-4-6-9-7;1-7-5-3-2-4-6-7;;;/h3-6,10H,1-2H3;1-6H;1H3;1H;/q;;+1;;+1/p-1. The third-order valence-corrected chi connectivity index (χ3v) is 3.47. The molecule has 0 radical (unpaired) electrons. The summed E-state index contributed by atoms with van der Waals surface area (Å²) in [5.41, 5.74) is 1.11. The van der Waals surface area contributed by atoms with Crippen LogP contribution in [0, 0.1) is 7.43 Å². The van der Waals surface area contributed by atoms with Crippen molar-refractivity contribution in [3.05, 3.63) is 73.4 Å². The zero-order valence-corrected chi connectivity index (χ0v) is 14.4. The fourth-order valence-electron chi connectivity index (χ4n) is 1.29. The van der Waals surface area contributed by atoms with E-state index >= 15 is 0 Å². The van der Waals surface area contributed by atoms with Gasteiger partial charge in [0.1, 0.15) is 5.60 Å². The molecule has 2 nitrogen and oxygen atoms in total. The normalized spacial score (nSPS) is 10.8. The van der Waals surface area contributed by atoms with E-state index < -0.39 is 5.60 Å². The fraction of sp³-hybridized carbons (Fsp3) is 0.188. The maximum atomic E-state index is 9.43. The van der Waals surface area contributed by atoms with E-state index in [1.54, 1.807) is 26.1 Å². The predicted octanol–water partition coefficient (Wildman–Crippen LogP) is 3.83. The van der Waals surface area contributed by atoms with Crippen molar-refractivity contribution in [3.8, 4) is 0 Å². The van der Waals surface area contributed by atoms with Crippen LogP contribution in [0.3, 0.4) is 0 Å². The molecule has 0 amide bonds. The van der Waals surface area contributed by atoms with Crippen molar-refractivity contribution in [3.63, 3.8) is 0 Å². The number of aromatic nitrogens is 1. The first-order valence-electron chi connectivity index (χ1n) is 5.78. The number of benzene rings is 1. The maximum absolute atomic E-state index is 9.43. The van der Waals surface area contributed by atoms with Gasteiger partial charge >= 0.3 is 65.9 Å². The van der Waals surface area contributed by atoms with Crippen LogP contribution >= 0.6 is 9.69 Å². The summed E-state index contributed by atoms with van der Waals surface area (Å²) < 4.78 is 2.06. The van der Waals surface area contributed by atoms with Crippen LogP contribution in [0.1, 0.15) is 25.1 Å². The first kappa shape index (κ1) is 19.0. The van der Waals surface area contributed by atoms with Crippen molar-refractivity contribution < 1.29 is 20.8 Å². The van der Waals surface area contributed by atoms with Crippen LogP contribution in [0.4, 0.5) is 0 Å². The molecule has 0 aliphatic rings. The molecule has 0 unspecified atom stereocenters. The van der Waals surface area contributed by atoms with Crippen LogP contribution in [-0.4, -0.2) is 14.7 Å². The van der Waals surface area contributed by atoms with E-state index in [0.717, 1.165) is 0 Å². The van der Waals surface area contributed by atoms with Crippen molar-refractivity contribution in [1.29, 1.82) is 0 Å². The molecule has 1 heterocycles. The summed E-state index contributed by atoms with van der Waals surface area (Å²) in [6.07, 6.45) is 1.67. The minimum atomic E-state index is -0.818. The molecule has 1 N–H and O–H groups in total. The van der Waals surface area contributed by atoms with Crippen LogP contribution < -0.4 is 0 Å². The Labute approximate surface area is 133 Å². The summed E-state index contributed by atoms with van der Waals surface area (Å²) in [6.45, 7) is 3.44. The number of halogens is 1. The average Bonchev–Trinajstić information content (AvgIpc) is 2.41. The van der Waals surface area contributed by atoms with Gasteiger partial charge in [-0.2, -0.15) is 0 Å². The molecule has 1 aromatic carbocycles. The van der Waals surface area contributed by atoms with Crippen molar-refractivity contribution in [2.75, 3.05) is 0 Å². The third-order valence-electron chi connectivity index (χ3n) is 2.25. The molecule has 0 aliphatic heterocycles. The molecule has 0 spiro atoms. The van der Waals surface area contributed by atoms with Crippen molar-refractivity contribution in [2.45, 2.75) is 19.4 Å². The third kappa shape index (κ3) is 7.54. The summed E-state index contributed by atoms with van der Waals surface area (Å²) in [5.74, 6) is 0. The molecule has 4 heteroatoms. The molecule has 20 heavy (non-hydrogen) atoms. The number of pyridine rings is 1. The van der Waals surface area contributed by atoms with Gasteiger partial charge in [-0.05, 0) is 26.0 Å². The SMILES string of the molecule is CC(C)(O)c1ccccn1.[CH3+].[Cl][Ru]=[CH]c1ccccc1. The number of hydrogen-bond acceptors (Lipinski definition) is 2. The Hall–Kier alpha value is -1.02. The molecule has 109 valence electrons. The van der Waals surface area contributed by atoms with E-state index in [2.05, 4.69) is 21.7 Å². The number of rotatable bonds is 2. The second kappa shape index (κ2) is 9.82. The molecule has 0 fully saturated rings. The van der Waals surface area contributed by atoms with E-state index in [9.17, 15) is 5.11 Å². The Balaban J connectivity index is 0.000000345. The van der Waals surface area contributed by atoms with E-state index in [0.29, 0.717) is 5.69 Å². The van der Waals surface area contributed by atoms with Crippen LogP contribution in [0.15, 0.2) is 54.7 Å². The van der Waals surface area contributed by atoms with Crippen LogP contribution in [0.5, 0.6) is 0 Å². The molecule has 0 aliphatic carbocycles. The van der Waals surface area contributed by atoms with Gasteiger partial charge in [-0.15, -0.1) is 0 Å². The Kier molecular flexibility index (Phi) is 9.32. The van der Waals surface area contributed by atoms with Gasteiger partial charge in [0.05, 0.1) is 5.69 Å². The number of nitrogens with zero attached hydrogens (tertiary/aromatic N) is 1. The topological polar surface area (TPSA) is 33.1 Å². The van der Waals surface area contributed by atoms with E-state index in [1.165, 1.54) is 5.56 Å². The van der Waals surface area contributed by atoms with Crippen LogP contribution in [-0.2, 0) is 21.3 Å². The Morgan fingerprint density at radius 2 is 1.70 bits per heavy atom. The summed E-state index contributed by atoms with van der Waals surface area (Å²) in [6, 6.07) is 15.6. The second-order valence-corrected chi connectivity index (χ2v) is 6.16. The summed E-state index contributed by atoms with van der Waals surface area (Å²) in [4.78, 5) is 4.00. The molecule has 0 saturated carbocycles. The van der Waals surface area contributed by atoms with Gasteiger partial charge in [0.15, 0.2) is 0 Å². The molecule has 0 atom stereocenters. The molecule has 2 rings (SSSR count). The van der Waals surface area contributed by atoms with Crippen molar-refractivity contribution >= 4 is 14.3 Å². The quantitative estimate of drug-likeness (QED) is 0.636. The van der Waals surface area contributed by atoms with Crippen LogP contribution in [0.2, 0.25) is 0 Å². The molecule has 2 aromatic rings. The van der Waals surface area contributed by atoms with E-state index in [1.807, 2.05) is 30.3 Å². The van der Waals surface area contributed by atoms with E-state index in [4.69, 9.17) is 9.69 Å². The Bertz CT molecular complexity index is 495. The predicted molar refractivity (Wildman–Crippen MR) is 83.4 cm³/mol. The zero-order chi connectivity index (χ0) is 14.1. The minimum absolute atomic E-state index is 0. The van der Waals surface area contributed by atoms with Gasteiger partial charge in [-0.3, -0.25) is 4.98 Å². The molecular formula is C16H20ClNORu+. The Morgan fingerprint density at radius 1 is 1.10 bits per heavy atom. The van der Waals surface area contributed by atoms with Gasteiger partial charge in [0.2, 0.25) is 0 Å². The first-order chi connectivity index (χ1) is 9.04. The van der Waals surface area contributed by atoms with Crippen LogP contribution in [0.25, 0.3) is 0 Å².